The zero-order valence-electron chi connectivity index (χ0n) is 36.1. The Morgan fingerprint density at radius 3 is 2.23 bits per heavy atom. The Morgan fingerprint density at radius 2 is 1.52 bits per heavy atom. The van der Waals surface area contributed by atoms with Crippen molar-refractivity contribution in [2.75, 3.05) is 7.11 Å². The molecule has 61 heavy (non-hydrogen) atoms. The number of benzene rings is 4. The van der Waals surface area contributed by atoms with E-state index < -0.39 is 17.6 Å². The molecule has 0 spiro atoms. The van der Waals surface area contributed by atoms with Crippen LogP contribution in [0.5, 0.6) is 17.2 Å². The summed E-state index contributed by atoms with van der Waals surface area (Å²) in [5.74, 6) is 2.96. The summed E-state index contributed by atoms with van der Waals surface area (Å²) < 4.78 is 18.4. The summed E-state index contributed by atoms with van der Waals surface area (Å²) in [5.41, 5.74) is 7.05. The van der Waals surface area contributed by atoms with E-state index in [0.717, 1.165) is 68.4 Å². The quantitative estimate of drug-likeness (QED) is 0.145. The number of nitrogens with zero attached hydrogens (tertiary/aromatic N) is 1. The van der Waals surface area contributed by atoms with E-state index in [0.29, 0.717) is 54.9 Å². The first-order chi connectivity index (χ1) is 29.3. The van der Waals surface area contributed by atoms with E-state index in [1.807, 2.05) is 6.07 Å². The van der Waals surface area contributed by atoms with Crippen molar-refractivity contribution in [2.24, 2.45) is 5.92 Å². The number of nitrogens with one attached hydrogen (secondary N) is 1. The summed E-state index contributed by atoms with van der Waals surface area (Å²) in [6, 6.07) is 29.7. The van der Waals surface area contributed by atoms with Gasteiger partial charge in [-0.3, -0.25) is 19.7 Å². The molecule has 5 aliphatic rings. The number of methoxy groups -OCH3 is 1. The predicted octanol–water partition coefficient (Wildman–Crippen LogP) is 9.52. The Morgan fingerprint density at radius 1 is 0.787 bits per heavy atom. The lowest BCUT2D eigenvalue weighted by Gasteiger charge is -2.44. The number of fused-ring (bicyclic) bond motifs is 2. The second-order valence-corrected chi connectivity index (χ2v) is 19.5. The van der Waals surface area contributed by atoms with Crippen molar-refractivity contribution < 1.29 is 33.7 Å². The number of hydrogen-bond acceptors (Lipinski definition) is 7. The number of ether oxygens (including phenoxy) is 3. The molecule has 9 rings (SSSR count). The number of aliphatic hydroxyl groups is 1. The molecular weight excluding hydrogens is 765 g/mol. The van der Waals surface area contributed by atoms with E-state index in [1.165, 1.54) is 27.8 Å². The largest absolute Gasteiger partial charge is 0.496 e. The van der Waals surface area contributed by atoms with Crippen LogP contribution in [0.25, 0.3) is 0 Å². The molecule has 2 aliphatic heterocycles. The van der Waals surface area contributed by atoms with Gasteiger partial charge in [-0.05, 0) is 160 Å². The summed E-state index contributed by atoms with van der Waals surface area (Å²) in [4.78, 5) is 39.4. The monoisotopic (exact) mass is 824 g/mol. The summed E-state index contributed by atoms with van der Waals surface area (Å²) >= 11 is 0. The fourth-order valence-corrected chi connectivity index (χ4v) is 11.1. The van der Waals surface area contributed by atoms with E-state index in [1.54, 1.807) is 12.0 Å². The highest BCUT2D eigenvalue weighted by Gasteiger charge is 2.45. The number of amides is 3. The predicted molar refractivity (Wildman–Crippen MR) is 234 cm³/mol. The molecule has 9 heteroatoms. The fourth-order valence-electron chi connectivity index (χ4n) is 11.1. The Kier molecular flexibility index (Phi) is 11.2. The molecule has 9 nitrogen and oxygen atoms in total. The first kappa shape index (κ1) is 41.2. The third-order valence-corrected chi connectivity index (χ3v) is 14.1. The number of imide groups is 1. The van der Waals surface area contributed by atoms with Crippen LogP contribution in [0.2, 0.25) is 0 Å². The van der Waals surface area contributed by atoms with Gasteiger partial charge in [0.15, 0.2) is 0 Å². The van der Waals surface area contributed by atoms with Crippen molar-refractivity contribution in [3.63, 3.8) is 0 Å². The van der Waals surface area contributed by atoms with E-state index in [4.69, 9.17) is 14.2 Å². The van der Waals surface area contributed by atoms with Gasteiger partial charge in [0.1, 0.15) is 35.0 Å². The Labute approximate surface area is 360 Å². The van der Waals surface area contributed by atoms with E-state index >= 15 is 0 Å². The van der Waals surface area contributed by atoms with Crippen molar-refractivity contribution in [1.29, 1.82) is 0 Å². The average Bonchev–Trinajstić information content (AvgIpc) is 3.57. The lowest BCUT2D eigenvalue weighted by Crippen LogP contribution is -2.52. The Hall–Kier alpha value is -5.15. The second-order valence-electron chi connectivity index (χ2n) is 19.5. The van der Waals surface area contributed by atoms with E-state index in [9.17, 15) is 19.5 Å². The number of hydrogen-bond donors (Lipinski definition) is 2. The molecule has 1 unspecified atom stereocenters. The lowest BCUT2D eigenvalue weighted by molar-refractivity contribution is -0.136. The van der Waals surface area contributed by atoms with Gasteiger partial charge in [0, 0.05) is 31.7 Å². The minimum Gasteiger partial charge on any atom is -0.496 e. The number of rotatable bonds is 11. The number of aryl methyl sites for hydroxylation is 1. The molecule has 1 saturated heterocycles. The zero-order valence-corrected chi connectivity index (χ0v) is 36.1. The molecular formula is C52H60N2O7. The van der Waals surface area contributed by atoms with Crippen LogP contribution in [0.1, 0.15) is 153 Å². The molecule has 320 valence electrons. The molecule has 3 fully saturated rings. The molecule has 2 saturated carbocycles. The van der Waals surface area contributed by atoms with Crippen molar-refractivity contribution in [2.45, 2.75) is 145 Å². The van der Waals surface area contributed by atoms with Crippen LogP contribution in [0.3, 0.4) is 0 Å². The van der Waals surface area contributed by atoms with Crippen LogP contribution in [-0.2, 0) is 22.6 Å². The smallest absolute Gasteiger partial charge is 0.258 e. The first-order valence-electron chi connectivity index (χ1n) is 22.5. The summed E-state index contributed by atoms with van der Waals surface area (Å²) in [6.45, 7) is 6.61. The maximum atomic E-state index is 13.5. The maximum Gasteiger partial charge on any atom is 0.258 e. The van der Waals surface area contributed by atoms with Crippen LogP contribution < -0.4 is 19.5 Å². The standard InChI is InChI=1S/C52H60N2O7/c1-51(2,3)61-40-19-21-43-36(27-40)16-20-42(34-8-6-5-7-9-34)47(43)35-14-17-39(18-15-35)60-41-29-52(58,30-41)25-24-32-10-12-33(13-11-32)37-26-38-31-54(44-22-23-46(55)53-49(44)56)50(57)48(38)45(28-37)59-4/h5-9,14-15,17-19,21,26-28,32-33,41-42,44,47,58H,10-13,16,20,22-25,29-31H2,1-4H3,(H,53,55,56)/t32?,33?,41?,42-,44?,47+,52?/m1/s1. The van der Waals surface area contributed by atoms with Gasteiger partial charge in [-0.2, -0.15) is 0 Å². The minimum absolute atomic E-state index is 0.00730. The molecule has 4 aromatic carbocycles. The van der Waals surface area contributed by atoms with Crippen molar-refractivity contribution in [1.82, 2.24) is 10.2 Å². The molecule has 2 heterocycles. The van der Waals surface area contributed by atoms with Gasteiger partial charge < -0.3 is 24.2 Å². The van der Waals surface area contributed by atoms with Crippen molar-refractivity contribution >= 4 is 17.7 Å². The highest BCUT2D eigenvalue weighted by molar-refractivity contribution is 6.06. The number of carbonyl (C=O) groups is 3. The van der Waals surface area contributed by atoms with Gasteiger partial charge in [-0.25, -0.2) is 0 Å². The molecule has 2 N–H and O–H groups in total. The zero-order chi connectivity index (χ0) is 42.5. The van der Waals surface area contributed by atoms with Gasteiger partial charge >= 0.3 is 0 Å². The maximum absolute atomic E-state index is 13.5. The topological polar surface area (TPSA) is 114 Å². The molecule has 3 aliphatic carbocycles. The normalized spacial score (nSPS) is 27.4. The number of carbonyl (C=O) groups excluding carboxylic acids is 3. The molecule has 3 atom stereocenters. The first-order valence-corrected chi connectivity index (χ1v) is 22.5. The van der Waals surface area contributed by atoms with Gasteiger partial charge in [-0.15, -0.1) is 0 Å². The minimum atomic E-state index is -0.681. The summed E-state index contributed by atoms with van der Waals surface area (Å²) in [5, 5.41) is 13.9. The molecule has 4 aromatic rings. The van der Waals surface area contributed by atoms with Gasteiger partial charge in [0.05, 0.1) is 18.3 Å². The van der Waals surface area contributed by atoms with E-state index in [2.05, 4.69) is 105 Å². The number of piperidine rings is 1. The van der Waals surface area contributed by atoms with Crippen molar-refractivity contribution in [3.8, 4) is 17.2 Å². The van der Waals surface area contributed by atoms with Crippen LogP contribution in [0.4, 0.5) is 0 Å². The molecule has 0 radical (unpaired) electrons. The van der Waals surface area contributed by atoms with E-state index in [-0.39, 0.29) is 35.9 Å². The van der Waals surface area contributed by atoms with Crippen LogP contribution >= 0.6 is 0 Å². The molecule has 0 aromatic heterocycles. The van der Waals surface area contributed by atoms with Crippen LogP contribution in [0.15, 0.2) is 84.9 Å². The molecule has 3 amide bonds. The van der Waals surface area contributed by atoms with Gasteiger partial charge in [0.2, 0.25) is 11.8 Å². The SMILES string of the molecule is COc1cc(C2CCC(CCC3(O)CC(Oc4ccc([C@@H]5c6ccc(OC(C)(C)C)cc6CC[C@@H]5c5ccccc5)cc4)C3)CC2)cc2c1C(=O)N(C1CCC(=O)NC1=O)C2. The summed E-state index contributed by atoms with van der Waals surface area (Å²) in [7, 11) is 1.59. The highest BCUT2D eigenvalue weighted by atomic mass is 16.5. The fraction of sp³-hybridized carbons (Fsp3) is 0.481. The average molecular weight is 825 g/mol. The summed E-state index contributed by atoms with van der Waals surface area (Å²) in [6.07, 6.45) is 10.0. The second kappa shape index (κ2) is 16.6. The third kappa shape index (κ3) is 8.68. The lowest BCUT2D eigenvalue weighted by atomic mass is 9.69. The van der Waals surface area contributed by atoms with Crippen molar-refractivity contribution in [3.05, 3.63) is 124 Å². The Bertz CT molecular complexity index is 2270. The highest BCUT2D eigenvalue weighted by Crippen LogP contribution is 2.49. The molecule has 0 bridgehead atoms. The van der Waals surface area contributed by atoms with Gasteiger partial charge in [-0.1, -0.05) is 54.6 Å². The third-order valence-electron chi connectivity index (χ3n) is 14.1. The van der Waals surface area contributed by atoms with Crippen LogP contribution in [-0.4, -0.2) is 58.2 Å². The van der Waals surface area contributed by atoms with Gasteiger partial charge in [0.25, 0.3) is 5.91 Å². The van der Waals surface area contributed by atoms with Crippen LogP contribution in [0, 0.1) is 5.92 Å². The Balaban J connectivity index is 0.777.